The number of hydrogen-bond donors (Lipinski definition) is 1. The van der Waals surface area contributed by atoms with Crippen molar-refractivity contribution in [2.45, 2.75) is 45.3 Å². The number of hydrogen-bond acceptors (Lipinski definition) is 4. The van der Waals surface area contributed by atoms with Crippen LogP contribution in [0.3, 0.4) is 0 Å². The molecule has 0 aliphatic carbocycles. The Morgan fingerprint density at radius 1 is 0.923 bits per heavy atom. The highest BCUT2D eigenvalue weighted by atomic mass is 35.5. The Hall–Kier alpha value is -3.07. The molecule has 2 amide bonds. The second-order valence-electron chi connectivity index (χ2n) is 10.3. The van der Waals surface area contributed by atoms with Crippen LogP contribution < -0.4 is 9.62 Å². The highest BCUT2D eigenvalue weighted by molar-refractivity contribution is 7.92. The minimum absolute atomic E-state index is 0.000712. The van der Waals surface area contributed by atoms with Gasteiger partial charge in [-0.1, -0.05) is 77.8 Å². The lowest BCUT2D eigenvalue weighted by Crippen LogP contribution is -2.56. The Labute approximate surface area is 240 Å². The van der Waals surface area contributed by atoms with E-state index >= 15 is 0 Å². The number of carbonyl (C=O) groups is 2. The second kappa shape index (κ2) is 12.9. The molecule has 0 spiro atoms. The van der Waals surface area contributed by atoms with Crippen molar-refractivity contribution in [1.82, 2.24) is 10.2 Å². The summed E-state index contributed by atoms with van der Waals surface area (Å²) < 4.78 is 26.6. The molecule has 0 bridgehead atoms. The number of rotatable bonds is 10. The molecule has 0 aromatic heterocycles. The Kier molecular flexibility index (Phi) is 10.0. The van der Waals surface area contributed by atoms with Crippen LogP contribution >= 0.6 is 23.2 Å². The number of benzene rings is 3. The Bertz CT molecular complexity index is 1410. The molecule has 1 atom stereocenters. The summed E-state index contributed by atoms with van der Waals surface area (Å²) in [5.41, 5.74) is 1.15. The fraction of sp³-hybridized carbons (Fsp3) is 0.310. The first-order valence-electron chi connectivity index (χ1n) is 12.4. The number of sulfonamides is 1. The van der Waals surface area contributed by atoms with E-state index in [4.69, 9.17) is 23.2 Å². The number of amides is 2. The predicted molar refractivity (Wildman–Crippen MR) is 157 cm³/mol. The van der Waals surface area contributed by atoms with Gasteiger partial charge in [0.05, 0.1) is 11.9 Å². The molecule has 3 aromatic rings. The van der Waals surface area contributed by atoms with Crippen LogP contribution in [0.25, 0.3) is 0 Å². The monoisotopic (exact) mass is 589 g/mol. The van der Waals surface area contributed by atoms with Crippen LogP contribution in [0.5, 0.6) is 0 Å². The molecule has 0 fully saturated rings. The normalized spacial score (nSPS) is 12.5. The van der Waals surface area contributed by atoms with Crippen molar-refractivity contribution in [2.24, 2.45) is 0 Å². The van der Waals surface area contributed by atoms with Gasteiger partial charge >= 0.3 is 0 Å². The fourth-order valence-corrected chi connectivity index (χ4v) is 5.28. The van der Waals surface area contributed by atoms with Crippen LogP contribution in [0.1, 0.15) is 31.9 Å². The summed E-state index contributed by atoms with van der Waals surface area (Å²) in [6, 6.07) is 21.7. The molecule has 10 heteroatoms. The van der Waals surface area contributed by atoms with Gasteiger partial charge in [0.1, 0.15) is 12.6 Å². The minimum Gasteiger partial charge on any atom is -0.350 e. The van der Waals surface area contributed by atoms with Gasteiger partial charge < -0.3 is 10.2 Å². The average molecular weight is 591 g/mol. The highest BCUT2D eigenvalue weighted by Crippen LogP contribution is 2.24. The topological polar surface area (TPSA) is 86.8 Å². The molecule has 1 N–H and O–H groups in total. The molecule has 0 radical (unpaired) electrons. The van der Waals surface area contributed by atoms with Gasteiger partial charge in [-0.3, -0.25) is 13.9 Å². The van der Waals surface area contributed by atoms with Crippen LogP contribution in [0, 0.1) is 0 Å². The van der Waals surface area contributed by atoms with Gasteiger partial charge in [0.15, 0.2) is 0 Å². The van der Waals surface area contributed by atoms with E-state index in [1.54, 1.807) is 42.5 Å². The third-order valence-electron chi connectivity index (χ3n) is 5.84. The van der Waals surface area contributed by atoms with E-state index in [0.29, 0.717) is 15.6 Å². The van der Waals surface area contributed by atoms with Gasteiger partial charge in [0, 0.05) is 28.5 Å². The number of halogens is 2. The third-order valence-corrected chi connectivity index (χ3v) is 7.59. The molecule has 0 saturated heterocycles. The number of nitrogens with one attached hydrogen (secondary N) is 1. The highest BCUT2D eigenvalue weighted by Gasteiger charge is 2.34. The summed E-state index contributed by atoms with van der Waals surface area (Å²) in [5, 5.41) is 3.74. The predicted octanol–water partition coefficient (Wildman–Crippen LogP) is 5.31. The first-order chi connectivity index (χ1) is 18.2. The molecule has 39 heavy (non-hydrogen) atoms. The van der Waals surface area contributed by atoms with Gasteiger partial charge in [0.2, 0.25) is 21.8 Å². The average Bonchev–Trinajstić information content (AvgIpc) is 2.84. The van der Waals surface area contributed by atoms with Crippen molar-refractivity contribution in [2.75, 3.05) is 17.1 Å². The molecule has 3 aromatic carbocycles. The largest absolute Gasteiger partial charge is 0.350 e. The molecular formula is C29H33Cl2N3O4S. The van der Waals surface area contributed by atoms with Crippen LogP contribution in [0.2, 0.25) is 10.0 Å². The fourth-order valence-electron chi connectivity index (χ4n) is 4.06. The molecule has 3 rings (SSSR count). The quantitative estimate of drug-likeness (QED) is 0.347. The number of nitrogens with zero attached hydrogens (tertiary/aromatic N) is 2. The van der Waals surface area contributed by atoms with Gasteiger partial charge in [-0.05, 0) is 56.2 Å². The van der Waals surface area contributed by atoms with Crippen molar-refractivity contribution in [3.05, 3.63) is 100 Å². The lowest BCUT2D eigenvalue weighted by molar-refractivity contribution is -0.140. The number of anilines is 1. The zero-order valence-corrected chi connectivity index (χ0v) is 24.7. The van der Waals surface area contributed by atoms with Crippen LogP contribution in [0.15, 0.2) is 78.9 Å². The summed E-state index contributed by atoms with van der Waals surface area (Å²) in [6.45, 7) is 5.04. The second-order valence-corrected chi connectivity index (χ2v) is 13.1. The molecular weight excluding hydrogens is 557 g/mol. The maximum Gasteiger partial charge on any atom is 0.244 e. The Balaban J connectivity index is 2.09. The van der Waals surface area contributed by atoms with E-state index in [0.717, 1.165) is 16.1 Å². The lowest BCUT2D eigenvalue weighted by Gasteiger charge is -2.35. The van der Waals surface area contributed by atoms with E-state index in [2.05, 4.69) is 5.32 Å². The van der Waals surface area contributed by atoms with Crippen LogP contribution in [-0.2, 0) is 32.6 Å². The summed E-state index contributed by atoms with van der Waals surface area (Å²) in [4.78, 5) is 29.1. The van der Waals surface area contributed by atoms with Crippen molar-refractivity contribution in [1.29, 1.82) is 0 Å². The van der Waals surface area contributed by atoms with Crippen molar-refractivity contribution >= 4 is 50.7 Å². The third kappa shape index (κ3) is 8.98. The molecule has 0 heterocycles. The molecule has 0 unspecified atom stereocenters. The SMILES string of the molecule is CC(C)(C)NC(=O)[C@H](Cc1ccccc1)N(Cc1ccccc1Cl)C(=O)CN(c1cccc(Cl)c1)S(C)(=O)=O. The summed E-state index contributed by atoms with van der Waals surface area (Å²) in [5.74, 6) is -0.925. The van der Waals surface area contributed by atoms with Crippen LogP contribution in [-0.4, -0.2) is 49.5 Å². The zero-order chi connectivity index (χ0) is 28.8. The molecule has 0 saturated carbocycles. The maximum atomic E-state index is 14.0. The van der Waals surface area contributed by atoms with Crippen molar-refractivity contribution in [3.8, 4) is 0 Å². The standard InChI is InChI=1S/C29H33Cl2N3O4S/c1-29(2,3)32-28(36)26(17-21-11-6-5-7-12-21)33(19-22-13-8-9-16-25(22)31)27(35)20-34(39(4,37)38)24-15-10-14-23(30)18-24/h5-16,18,26H,17,19-20H2,1-4H3,(H,32,36)/t26-/m0/s1. The summed E-state index contributed by atoms with van der Waals surface area (Å²) in [6.07, 6.45) is 1.24. The van der Waals surface area contributed by atoms with Gasteiger partial charge in [-0.25, -0.2) is 8.42 Å². The Morgan fingerprint density at radius 3 is 2.15 bits per heavy atom. The minimum atomic E-state index is -3.88. The summed E-state index contributed by atoms with van der Waals surface area (Å²) in [7, 11) is -3.88. The maximum absolute atomic E-state index is 14.0. The molecule has 7 nitrogen and oxygen atoms in total. The number of carbonyl (C=O) groups excluding carboxylic acids is 2. The first kappa shape index (κ1) is 30.5. The first-order valence-corrected chi connectivity index (χ1v) is 15.0. The van der Waals surface area contributed by atoms with Crippen molar-refractivity contribution in [3.63, 3.8) is 0 Å². The molecule has 208 valence electrons. The van der Waals surface area contributed by atoms with E-state index in [1.165, 1.54) is 11.0 Å². The van der Waals surface area contributed by atoms with Gasteiger partial charge in [-0.15, -0.1) is 0 Å². The molecule has 0 aliphatic heterocycles. The van der Waals surface area contributed by atoms with Gasteiger partial charge in [-0.2, -0.15) is 0 Å². The molecule has 0 aliphatic rings. The zero-order valence-electron chi connectivity index (χ0n) is 22.4. The summed E-state index contributed by atoms with van der Waals surface area (Å²) >= 11 is 12.6. The van der Waals surface area contributed by atoms with E-state index in [9.17, 15) is 18.0 Å². The van der Waals surface area contributed by atoms with Crippen molar-refractivity contribution < 1.29 is 18.0 Å². The van der Waals surface area contributed by atoms with E-state index < -0.39 is 34.1 Å². The van der Waals surface area contributed by atoms with Crippen LogP contribution in [0.4, 0.5) is 5.69 Å². The lowest BCUT2D eigenvalue weighted by atomic mass is 10.0. The van der Waals surface area contributed by atoms with E-state index in [-0.39, 0.29) is 24.6 Å². The Morgan fingerprint density at radius 2 is 1.56 bits per heavy atom. The smallest absolute Gasteiger partial charge is 0.244 e. The van der Waals surface area contributed by atoms with E-state index in [1.807, 2.05) is 51.1 Å². The van der Waals surface area contributed by atoms with Gasteiger partial charge in [0.25, 0.3) is 0 Å².